The largest absolute Gasteiger partial charge is 0.338 e. The molecule has 0 spiro atoms. The molecule has 0 aromatic rings. The number of hydrogen-bond acceptors (Lipinski definition) is 1. The average molecular weight is 303 g/mol. The van der Waals surface area contributed by atoms with Gasteiger partial charge in [-0.15, -0.1) is 0 Å². The highest BCUT2D eigenvalue weighted by Gasteiger charge is 2.26. The summed E-state index contributed by atoms with van der Waals surface area (Å²) in [6.45, 7) is 0. The maximum atomic E-state index is 2.58. The lowest BCUT2D eigenvalue weighted by atomic mass is 9.82. The second kappa shape index (κ2) is 6.62. The molecule has 2 atom stereocenters. The van der Waals surface area contributed by atoms with Crippen molar-refractivity contribution >= 4 is 0 Å². The molecule has 4 aliphatic rings. The molecular weight excluding hydrogens is 278 g/mol. The van der Waals surface area contributed by atoms with Crippen molar-refractivity contribution in [1.29, 1.82) is 0 Å². The van der Waals surface area contributed by atoms with Crippen LogP contribution in [-0.4, -0.2) is 10.9 Å². The van der Waals surface area contributed by atoms with Crippen LogP contribution in [0.4, 0.5) is 0 Å². The molecule has 0 amide bonds. The summed E-state index contributed by atoms with van der Waals surface area (Å²) in [7, 11) is 0. The van der Waals surface area contributed by atoms with Crippen LogP contribution in [0.25, 0.3) is 0 Å². The van der Waals surface area contributed by atoms with Crippen LogP contribution in [0.2, 0.25) is 0 Å². The Morgan fingerprint density at radius 1 is 0.957 bits per heavy atom. The van der Waals surface area contributed by atoms with E-state index in [2.05, 4.69) is 71.7 Å². The smallest absolute Gasteiger partial charge is 0.0556 e. The standard InChI is InChI=1S/C22H25N/c1-3-11-20(12-4-1)23(21-13-5-2-6-14-21)22-16-15-18-9-7-8-10-19(18)17-22/h1-5,8,10-11,13,16-18,20H,6-7,9,12,14-15H2. The van der Waals surface area contributed by atoms with Crippen LogP contribution < -0.4 is 0 Å². The molecule has 0 heterocycles. The summed E-state index contributed by atoms with van der Waals surface area (Å²) in [5, 5.41) is 0. The quantitative estimate of drug-likeness (QED) is 0.657. The van der Waals surface area contributed by atoms with Crippen LogP contribution in [0.1, 0.15) is 38.5 Å². The molecule has 23 heavy (non-hydrogen) atoms. The van der Waals surface area contributed by atoms with Crippen molar-refractivity contribution in [3.63, 3.8) is 0 Å². The average Bonchev–Trinajstić information content (AvgIpc) is 2.64. The molecule has 1 heteroatoms. The molecule has 118 valence electrons. The van der Waals surface area contributed by atoms with Crippen molar-refractivity contribution in [2.45, 2.75) is 44.6 Å². The van der Waals surface area contributed by atoms with Gasteiger partial charge >= 0.3 is 0 Å². The molecule has 4 aliphatic carbocycles. The Morgan fingerprint density at radius 2 is 1.96 bits per heavy atom. The summed E-state index contributed by atoms with van der Waals surface area (Å²) >= 11 is 0. The van der Waals surface area contributed by atoms with Gasteiger partial charge in [0.2, 0.25) is 0 Å². The summed E-state index contributed by atoms with van der Waals surface area (Å²) in [4.78, 5) is 2.58. The fraction of sp³-hybridized carbons (Fsp3) is 0.364. The molecule has 0 radical (unpaired) electrons. The Morgan fingerprint density at radius 3 is 2.78 bits per heavy atom. The van der Waals surface area contributed by atoms with Crippen molar-refractivity contribution in [2.75, 3.05) is 0 Å². The van der Waals surface area contributed by atoms with Crippen molar-refractivity contribution < 1.29 is 0 Å². The van der Waals surface area contributed by atoms with Gasteiger partial charge in [0.1, 0.15) is 0 Å². The number of fused-ring (bicyclic) bond motifs is 1. The highest BCUT2D eigenvalue weighted by molar-refractivity contribution is 5.40. The topological polar surface area (TPSA) is 3.24 Å². The van der Waals surface area contributed by atoms with Crippen LogP contribution in [0, 0.1) is 5.92 Å². The number of allylic oxidation sites excluding steroid dienone is 11. The van der Waals surface area contributed by atoms with E-state index < -0.39 is 0 Å². The molecule has 0 N–H and O–H groups in total. The molecule has 0 aromatic carbocycles. The van der Waals surface area contributed by atoms with Crippen LogP contribution in [-0.2, 0) is 0 Å². The van der Waals surface area contributed by atoms with Gasteiger partial charge in [0.05, 0.1) is 6.04 Å². The molecule has 0 aromatic heterocycles. The van der Waals surface area contributed by atoms with Crippen molar-refractivity contribution in [3.05, 3.63) is 83.8 Å². The Bertz CT molecular complexity index is 666. The number of rotatable bonds is 3. The Labute approximate surface area is 139 Å². The lowest BCUT2D eigenvalue weighted by molar-refractivity contribution is 0.352. The van der Waals surface area contributed by atoms with E-state index in [1.807, 2.05) is 0 Å². The Balaban J connectivity index is 1.67. The monoisotopic (exact) mass is 303 g/mol. The number of nitrogens with zero attached hydrogens (tertiary/aromatic N) is 1. The lowest BCUT2D eigenvalue weighted by Gasteiger charge is -2.38. The molecule has 2 unspecified atom stereocenters. The van der Waals surface area contributed by atoms with E-state index in [1.54, 1.807) is 0 Å². The van der Waals surface area contributed by atoms with E-state index in [4.69, 9.17) is 0 Å². The lowest BCUT2D eigenvalue weighted by Crippen LogP contribution is -2.34. The summed E-state index contributed by atoms with van der Waals surface area (Å²) in [6.07, 6.45) is 32.5. The van der Waals surface area contributed by atoms with Gasteiger partial charge in [-0.3, -0.25) is 0 Å². The van der Waals surface area contributed by atoms with Crippen LogP contribution in [0.3, 0.4) is 0 Å². The molecule has 0 bridgehead atoms. The minimum absolute atomic E-state index is 0.449. The third-order valence-corrected chi connectivity index (χ3v) is 5.26. The van der Waals surface area contributed by atoms with E-state index in [1.165, 1.54) is 36.2 Å². The molecule has 0 saturated heterocycles. The minimum Gasteiger partial charge on any atom is -0.338 e. The van der Waals surface area contributed by atoms with Gasteiger partial charge in [-0.25, -0.2) is 0 Å². The maximum absolute atomic E-state index is 2.58. The molecular formula is C22H25N. The Kier molecular flexibility index (Phi) is 4.19. The van der Waals surface area contributed by atoms with Crippen molar-refractivity contribution in [2.24, 2.45) is 5.92 Å². The van der Waals surface area contributed by atoms with Gasteiger partial charge in [-0.05, 0) is 62.2 Å². The van der Waals surface area contributed by atoms with E-state index in [0.29, 0.717) is 6.04 Å². The Hall–Kier alpha value is -2.02. The fourth-order valence-electron chi connectivity index (χ4n) is 4.02. The third kappa shape index (κ3) is 3.06. The summed E-state index contributed by atoms with van der Waals surface area (Å²) in [6, 6.07) is 0.449. The third-order valence-electron chi connectivity index (χ3n) is 5.26. The fourth-order valence-corrected chi connectivity index (χ4v) is 4.02. The zero-order valence-electron chi connectivity index (χ0n) is 13.7. The van der Waals surface area contributed by atoms with Gasteiger partial charge in [0.15, 0.2) is 0 Å². The van der Waals surface area contributed by atoms with E-state index in [0.717, 1.165) is 25.2 Å². The molecule has 0 fully saturated rings. The SMILES string of the molecule is C1=CCCC(N(C2=CCC3CCC=CC3=C2)C2C=CC=CC2)=C1. The van der Waals surface area contributed by atoms with E-state index in [-0.39, 0.29) is 0 Å². The minimum atomic E-state index is 0.449. The highest BCUT2D eigenvalue weighted by Crippen LogP contribution is 2.36. The van der Waals surface area contributed by atoms with Crippen molar-refractivity contribution in [1.82, 2.24) is 4.90 Å². The van der Waals surface area contributed by atoms with Crippen LogP contribution in [0.5, 0.6) is 0 Å². The molecule has 1 nitrogen and oxygen atoms in total. The first kappa shape index (κ1) is 14.6. The first-order chi connectivity index (χ1) is 11.4. The van der Waals surface area contributed by atoms with Gasteiger partial charge in [0, 0.05) is 11.4 Å². The summed E-state index contributed by atoms with van der Waals surface area (Å²) in [5.74, 6) is 0.743. The van der Waals surface area contributed by atoms with Crippen LogP contribution in [0.15, 0.2) is 83.8 Å². The number of hydrogen-bond donors (Lipinski definition) is 0. The second-order valence-corrected chi connectivity index (χ2v) is 6.80. The van der Waals surface area contributed by atoms with Gasteiger partial charge in [0.25, 0.3) is 0 Å². The summed E-state index contributed by atoms with van der Waals surface area (Å²) < 4.78 is 0. The van der Waals surface area contributed by atoms with Gasteiger partial charge < -0.3 is 4.90 Å². The van der Waals surface area contributed by atoms with Crippen LogP contribution >= 0.6 is 0 Å². The first-order valence-corrected chi connectivity index (χ1v) is 8.98. The molecule has 0 saturated carbocycles. The van der Waals surface area contributed by atoms with E-state index in [9.17, 15) is 0 Å². The molecule has 0 aliphatic heterocycles. The summed E-state index contributed by atoms with van der Waals surface area (Å²) in [5.41, 5.74) is 4.38. The maximum Gasteiger partial charge on any atom is 0.0556 e. The first-order valence-electron chi connectivity index (χ1n) is 8.98. The van der Waals surface area contributed by atoms with E-state index >= 15 is 0 Å². The van der Waals surface area contributed by atoms with Crippen molar-refractivity contribution in [3.8, 4) is 0 Å². The highest BCUT2D eigenvalue weighted by atomic mass is 15.2. The zero-order chi connectivity index (χ0) is 15.5. The normalized spacial score (nSPS) is 28.8. The van der Waals surface area contributed by atoms with Gasteiger partial charge in [-0.2, -0.15) is 0 Å². The predicted octanol–water partition coefficient (Wildman–Crippen LogP) is 5.59. The second-order valence-electron chi connectivity index (χ2n) is 6.80. The predicted molar refractivity (Wildman–Crippen MR) is 97.6 cm³/mol. The zero-order valence-corrected chi connectivity index (χ0v) is 13.7. The molecule has 4 rings (SSSR count). The van der Waals surface area contributed by atoms with Gasteiger partial charge in [-0.1, -0.05) is 54.7 Å².